The summed E-state index contributed by atoms with van der Waals surface area (Å²) in [5, 5.41) is 10.6. The lowest BCUT2D eigenvalue weighted by Crippen LogP contribution is -2.52. The molecule has 2 bridgehead atoms. The molecule has 162 valence electrons. The Bertz CT molecular complexity index is 735. The maximum absolute atomic E-state index is 12.6. The third-order valence-corrected chi connectivity index (χ3v) is 6.10. The predicted molar refractivity (Wildman–Crippen MR) is 114 cm³/mol. The zero-order chi connectivity index (χ0) is 21.3. The molecule has 7 nitrogen and oxygen atoms in total. The number of carbonyl (C=O) groups is 2. The molecule has 2 fully saturated rings. The molecule has 0 aliphatic carbocycles. The predicted octanol–water partition coefficient (Wildman–Crippen LogP) is 2.43. The van der Waals surface area contributed by atoms with Crippen LogP contribution in [0.3, 0.4) is 0 Å². The minimum Gasteiger partial charge on any atom is -0.350 e. The number of fused-ring (bicyclic) bond motifs is 2. The summed E-state index contributed by atoms with van der Waals surface area (Å²) < 4.78 is 1.67. The van der Waals surface area contributed by atoms with Crippen molar-refractivity contribution in [2.24, 2.45) is 13.0 Å². The van der Waals surface area contributed by atoms with Crippen LogP contribution in [0.2, 0.25) is 0 Å². The summed E-state index contributed by atoms with van der Waals surface area (Å²) >= 11 is 0. The van der Waals surface area contributed by atoms with Gasteiger partial charge in [0.15, 0.2) is 0 Å². The normalized spacial score (nSPS) is 24.7. The van der Waals surface area contributed by atoms with Crippen molar-refractivity contribution in [3.8, 4) is 0 Å². The Balaban J connectivity index is 1.51. The highest BCUT2D eigenvalue weighted by Crippen LogP contribution is 2.38. The van der Waals surface area contributed by atoms with Crippen LogP contribution in [0, 0.1) is 5.92 Å². The van der Waals surface area contributed by atoms with E-state index in [1.54, 1.807) is 4.68 Å². The minimum atomic E-state index is -0.194. The van der Waals surface area contributed by atoms with E-state index in [9.17, 15) is 9.59 Å². The molecular weight excluding hydrogens is 366 g/mol. The van der Waals surface area contributed by atoms with E-state index in [0.717, 1.165) is 31.4 Å². The van der Waals surface area contributed by atoms with Crippen LogP contribution in [0.25, 0.3) is 0 Å². The number of aromatic nitrogens is 2. The standard InChI is InChI=1S/C22H37N5O2/c1-14(2)18-11-19(26(6)25-18)21(29)23-12-15-9-16-7-8-17(10-15)27(16)13-20(28)24-22(3,4)5/h11,14-17H,7-10,12-13H2,1-6H3,(H,23,29)(H,24,28)/t15?,16-,17+. The summed E-state index contributed by atoms with van der Waals surface area (Å²) in [5.41, 5.74) is 1.37. The van der Waals surface area contributed by atoms with Gasteiger partial charge in [0.2, 0.25) is 5.91 Å². The topological polar surface area (TPSA) is 79.3 Å². The third-order valence-electron chi connectivity index (χ3n) is 6.10. The Kier molecular flexibility index (Phi) is 6.36. The highest BCUT2D eigenvalue weighted by molar-refractivity contribution is 5.92. The zero-order valence-electron chi connectivity index (χ0n) is 18.8. The van der Waals surface area contributed by atoms with E-state index < -0.39 is 0 Å². The molecule has 0 aromatic carbocycles. The lowest BCUT2D eigenvalue weighted by molar-refractivity contribution is -0.125. The first-order valence-corrected chi connectivity index (χ1v) is 10.9. The SMILES string of the molecule is CC(C)c1cc(C(=O)NCC2C[C@H]3CC[C@@H](C2)N3CC(=O)NC(C)(C)C)n(C)n1. The first kappa shape index (κ1) is 21.8. The minimum absolute atomic E-state index is 0.0498. The van der Waals surface area contributed by atoms with E-state index in [2.05, 4.69) is 34.5 Å². The molecule has 2 aliphatic rings. The largest absolute Gasteiger partial charge is 0.350 e. The molecule has 3 atom stereocenters. The van der Waals surface area contributed by atoms with Crippen molar-refractivity contribution in [1.29, 1.82) is 0 Å². The molecule has 1 aromatic rings. The fraction of sp³-hybridized carbons (Fsp3) is 0.773. The number of nitrogens with one attached hydrogen (secondary N) is 2. The molecular formula is C22H37N5O2. The molecule has 1 aromatic heterocycles. The second-order valence-electron chi connectivity index (χ2n) is 10.1. The Morgan fingerprint density at radius 2 is 1.83 bits per heavy atom. The van der Waals surface area contributed by atoms with Crippen molar-refractivity contribution in [1.82, 2.24) is 25.3 Å². The number of hydrogen-bond donors (Lipinski definition) is 2. The third kappa shape index (κ3) is 5.38. The van der Waals surface area contributed by atoms with Crippen molar-refractivity contribution in [3.05, 3.63) is 17.5 Å². The Morgan fingerprint density at radius 3 is 2.34 bits per heavy atom. The number of piperidine rings is 1. The smallest absolute Gasteiger partial charge is 0.269 e. The molecule has 3 heterocycles. The van der Waals surface area contributed by atoms with Gasteiger partial charge in [0, 0.05) is 31.2 Å². The monoisotopic (exact) mass is 403 g/mol. The average Bonchev–Trinajstić information content (AvgIpc) is 3.08. The highest BCUT2D eigenvalue weighted by Gasteiger charge is 2.41. The number of aryl methyl sites for hydroxylation is 1. The van der Waals surface area contributed by atoms with Crippen LogP contribution >= 0.6 is 0 Å². The van der Waals surface area contributed by atoms with Crippen LogP contribution in [0.4, 0.5) is 0 Å². The van der Waals surface area contributed by atoms with Gasteiger partial charge in [0.1, 0.15) is 5.69 Å². The summed E-state index contributed by atoms with van der Waals surface area (Å²) in [6.07, 6.45) is 4.39. The van der Waals surface area contributed by atoms with Crippen LogP contribution in [-0.4, -0.2) is 57.2 Å². The Morgan fingerprint density at radius 1 is 1.21 bits per heavy atom. The lowest BCUT2D eigenvalue weighted by atomic mass is 9.90. The zero-order valence-corrected chi connectivity index (χ0v) is 18.8. The fourth-order valence-electron chi connectivity index (χ4n) is 4.75. The summed E-state index contributed by atoms with van der Waals surface area (Å²) in [4.78, 5) is 27.4. The number of nitrogens with zero attached hydrogens (tertiary/aromatic N) is 3. The van der Waals surface area contributed by atoms with Gasteiger partial charge >= 0.3 is 0 Å². The number of rotatable bonds is 6. The molecule has 2 saturated heterocycles. The molecule has 0 spiro atoms. The van der Waals surface area contributed by atoms with Crippen molar-refractivity contribution < 1.29 is 9.59 Å². The first-order chi connectivity index (χ1) is 13.5. The summed E-state index contributed by atoms with van der Waals surface area (Å²) in [6, 6.07) is 2.79. The Hall–Kier alpha value is -1.89. The highest BCUT2D eigenvalue weighted by atomic mass is 16.2. The van der Waals surface area contributed by atoms with Crippen molar-refractivity contribution in [2.45, 2.75) is 83.8 Å². The fourth-order valence-corrected chi connectivity index (χ4v) is 4.75. The summed E-state index contributed by atoms with van der Waals surface area (Å²) in [7, 11) is 1.82. The maximum atomic E-state index is 12.6. The number of hydrogen-bond acceptors (Lipinski definition) is 4. The molecule has 3 rings (SSSR count). The van der Waals surface area contributed by atoms with E-state index in [4.69, 9.17) is 0 Å². The van der Waals surface area contributed by atoms with Gasteiger partial charge < -0.3 is 10.6 Å². The molecule has 2 aliphatic heterocycles. The summed E-state index contributed by atoms with van der Waals surface area (Å²) in [5.74, 6) is 0.832. The van der Waals surface area contributed by atoms with Crippen LogP contribution < -0.4 is 10.6 Å². The van der Waals surface area contributed by atoms with E-state index >= 15 is 0 Å². The first-order valence-electron chi connectivity index (χ1n) is 10.9. The van der Waals surface area contributed by atoms with Crippen molar-refractivity contribution >= 4 is 11.8 Å². The van der Waals surface area contributed by atoms with Gasteiger partial charge in [0.25, 0.3) is 5.91 Å². The molecule has 2 amide bonds. The van der Waals surface area contributed by atoms with Gasteiger partial charge in [-0.1, -0.05) is 13.8 Å². The van der Waals surface area contributed by atoms with Crippen molar-refractivity contribution in [3.63, 3.8) is 0 Å². The van der Waals surface area contributed by atoms with Crippen LogP contribution in [-0.2, 0) is 11.8 Å². The van der Waals surface area contributed by atoms with Gasteiger partial charge in [-0.05, 0) is 64.4 Å². The molecule has 0 radical (unpaired) electrons. The quantitative estimate of drug-likeness (QED) is 0.765. The average molecular weight is 404 g/mol. The molecule has 29 heavy (non-hydrogen) atoms. The molecule has 7 heteroatoms. The van der Waals surface area contributed by atoms with Gasteiger partial charge in [-0.2, -0.15) is 5.10 Å². The number of amides is 2. The maximum Gasteiger partial charge on any atom is 0.269 e. The summed E-state index contributed by atoms with van der Waals surface area (Å²) in [6.45, 7) is 11.4. The molecule has 2 N–H and O–H groups in total. The van der Waals surface area contributed by atoms with E-state index in [1.165, 1.54) is 0 Å². The molecule has 0 saturated carbocycles. The van der Waals surface area contributed by atoms with Crippen molar-refractivity contribution in [2.75, 3.05) is 13.1 Å². The van der Waals surface area contributed by atoms with E-state index in [1.807, 2.05) is 33.9 Å². The van der Waals surface area contributed by atoms with Crippen LogP contribution in [0.1, 0.15) is 82.4 Å². The van der Waals surface area contributed by atoms with E-state index in [0.29, 0.717) is 42.7 Å². The van der Waals surface area contributed by atoms with Gasteiger partial charge in [-0.25, -0.2) is 0 Å². The number of carbonyl (C=O) groups excluding carboxylic acids is 2. The second-order valence-corrected chi connectivity index (χ2v) is 10.1. The van der Waals surface area contributed by atoms with Gasteiger partial charge in [0.05, 0.1) is 12.2 Å². The van der Waals surface area contributed by atoms with E-state index in [-0.39, 0.29) is 17.4 Å². The second kappa shape index (κ2) is 8.46. The van der Waals surface area contributed by atoms with Crippen LogP contribution in [0.15, 0.2) is 6.07 Å². The van der Waals surface area contributed by atoms with Gasteiger partial charge in [-0.15, -0.1) is 0 Å². The Labute approximate surface area is 174 Å². The lowest BCUT2D eigenvalue weighted by Gasteiger charge is -2.39. The molecule has 1 unspecified atom stereocenters. The van der Waals surface area contributed by atoms with Gasteiger partial charge in [-0.3, -0.25) is 19.2 Å². The van der Waals surface area contributed by atoms with Crippen LogP contribution in [0.5, 0.6) is 0 Å².